The van der Waals surface area contributed by atoms with E-state index in [0.29, 0.717) is 6.61 Å². The summed E-state index contributed by atoms with van der Waals surface area (Å²) in [5.74, 6) is 0.0884. The van der Waals surface area contributed by atoms with Crippen LogP contribution in [0.5, 0.6) is 0 Å². The molecule has 19 heavy (non-hydrogen) atoms. The third-order valence-electron chi connectivity index (χ3n) is 3.87. The lowest BCUT2D eigenvalue weighted by molar-refractivity contribution is -0.149. The van der Waals surface area contributed by atoms with Crippen molar-refractivity contribution in [2.24, 2.45) is 5.92 Å². The molecule has 2 aliphatic rings. The summed E-state index contributed by atoms with van der Waals surface area (Å²) in [5.41, 5.74) is 1.25. The molecule has 4 heteroatoms. The van der Waals surface area contributed by atoms with Gasteiger partial charge in [-0.25, -0.2) is 0 Å². The summed E-state index contributed by atoms with van der Waals surface area (Å²) in [6.07, 6.45) is 4.47. The van der Waals surface area contributed by atoms with Gasteiger partial charge in [-0.3, -0.25) is 9.69 Å². The van der Waals surface area contributed by atoms with Crippen LogP contribution in [0.25, 0.3) is 0 Å². The molecule has 1 heterocycles. The number of rotatable bonds is 7. The summed E-state index contributed by atoms with van der Waals surface area (Å²) in [6.45, 7) is 10.3. The van der Waals surface area contributed by atoms with Crippen molar-refractivity contribution in [2.75, 3.05) is 32.8 Å². The lowest BCUT2D eigenvalue weighted by Gasteiger charge is -2.31. The number of hydrogen-bond acceptors (Lipinski definition) is 4. The van der Waals surface area contributed by atoms with Gasteiger partial charge in [0.1, 0.15) is 0 Å². The van der Waals surface area contributed by atoms with Gasteiger partial charge in [-0.15, -0.1) is 0 Å². The Morgan fingerprint density at radius 3 is 2.58 bits per heavy atom. The summed E-state index contributed by atoms with van der Waals surface area (Å²) < 4.78 is 5.08. The van der Waals surface area contributed by atoms with Crippen LogP contribution < -0.4 is 5.32 Å². The molecule has 0 aromatic carbocycles. The van der Waals surface area contributed by atoms with Crippen LogP contribution in [0, 0.1) is 5.92 Å². The van der Waals surface area contributed by atoms with Crippen molar-refractivity contribution >= 4 is 5.97 Å². The molecule has 2 rings (SSSR count). The third kappa shape index (κ3) is 4.96. The third-order valence-corrected chi connectivity index (χ3v) is 3.87. The molecule has 108 valence electrons. The maximum atomic E-state index is 11.6. The number of hydrogen-bond donors (Lipinski definition) is 1. The molecule has 1 aliphatic carbocycles. The quantitative estimate of drug-likeness (QED) is 0.561. The van der Waals surface area contributed by atoms with E-state index in [1.165, 1.54) is 18.4 Å². The van der Waals surface area contributed by atoms with Gasteiger partial charge < -0.3 is 10.1 Å². The fourth-order valence-corrected chi connectivity index (χ4v) is 2.54. The molecule has 0 aromatic heterocycles. The number of nitrogens with one attached hydrogen (secondary N) is 1. The molecule has 1 saturated heterocycles. The van der Waals surface area contributed by atoms with Gasteiger partial charge in [0, 0.05) is 19.1 Å². The Kier molecular flexibility index (Phi) is 5.40. The molecule has 1 saturated carbocycles. The monoisotopic (exact) mass is 266 g/mol. The number of likely N-dealkylation sites (tertiary alicyclic amines) is 1. The molecule has 0 unspecified atom stereocenters. The molecular weight excluding hydrogens is 240 g/mol. The molecule has 0 atom stereocenters. The highest BCUT2D eigenvalue weighted by Crippen LogP contribution is 2.20. The Bertz CT molecular complexity index is 318. The molecule has 1 N–H and O–H groups in total. The molecule has 0 bridgehead atoms. The van der Waals surface area contributed by atoms with Crippen molar-refractivity contribution in [1.29, 1.82) is 0 Å². The predicted octanol–water partition coefficient (Wildman–Crippen LogP) is 1.57. The van der Waals surface area contributed by atoms with Crippen molar-refractivity contribution in [3.63, 3.8) is 0 Å². The minimum Gasteiger partial charge on any atom is -0.466 e. The van der Waals surface area contributed by atoms with Gasteiger partial charge in [0.2, 0.25) is 0 Å². The Hall–Kier alpha value is -0.870. The first-order chi connectivity index (χ1) is 9.19. The molecule has 0 aromatic rings. The lowest BCUT2D eigenvalue weighted by atomic mass is 9.97. The van der Waals surface area contributed by atoms with Crippen LogP contribution in [0.3, 0.4) is 0 Å². The van der Waals surface area contributed by atoms with E-state index in [2.05, 4.69) is 16.8 Å². The van der Waals surface area contributed by atoms with E-state index in [9.17, 15) is 4.79 Å². The summed E-state index contributed by atoms with van der Waals surface area (Å²) in [5, 5.41) is 3.49. The summed E-state index contributed by atoms with van der Waals surface area (Å²) in [6, 6.07) is 0.742. The van der Waals surface area contributed by atoms with Crippen LogP contribution in [0.1, 0.15) is 32.6 Å². The van der Waals surface area contributed by atoms with E-state index >= 15 is 0 Å². The van der Waals surface area contributed by atoms with Crippen molar-refractivity contribution < 1.29 is 9.53 Å². The molecule has 0 radical (unpaired) electrons. The Morgan fingerprint density at radius 2 is 2.00 bits per heavy atom. The van der Waals surface area contributed by atoms with Gasteiger partial charge in [0.25, 0.3) is 0 Å². The van der Waals surface area contributed by atoms with Crippen LogP contribution in [0.15, 0.2) is 12.2 Å². The van der Waals surface area contributed by atoms with Crippen LogP contribution in [-0.2, 0) is 9.53 Å². The zero-order chi connectivity index (χ0) is 13.7. The van der Waals surface area contributed by atoms with Crippen molar-refractivity contribution in [1.82, 2.24) is 10.2 Å². The van der Waals surface area contributed by atoms with Crippen molar-refractivity contribution in [2.45, 2.75) is 38.6 Å². The summed E-state index contributed by atoms with van der Waals surface area (Å²) in [7, 11) is 0. The number of esters is 1. The van der Waals surface area contributed by atoms with E-state index < -0.39 is 0 Å². The maximum Gasteiger partial charge on any atom is 0.309 e. The highest BCUT2D eigenvalue weighted by molar-refractivity contribution is 5.72. The van der Waals surface area contributed by atoms with Crippen LogP contribution in [0.4, 0.5) is 0 Å². The van der Waals surface area contributed by atoms with E-state index in [4.69, 9.17) is 4.74 Å². The topological polar surface area (TPSA) is 41.6 Å². The van der Waals surface area contributed by atoms with Crippen LogP contribution in [-0.4, -0.2) is 49.7 Å². The first-order valence-electron chi connectivity index (χ1n) is 7.48. The van der Waals surface area contributed by atoms with Gasteiger partial charge in [0.15, 0.2) is 0 Å². The normalized spacial score (nSPS) is 21.3. The van der Waals surface area contributed by atoms with Gasteiger partial charge in [-0.2, -0.15) is 0 Å². The number of piperidine rings is 1. The van der Waals surface area contributed by atoms with Crippen molar-refractivity contribution in [3.05, 3.63) is 12.2 Å². The van der Waals surface area contributed by atoms with Gasteiger partial charge >= 0.3 is 5.97 Å². The second-order valence-electron chi connectivity index (χ2n) is 5.71. The van der Waals surface area contributed by atoms with E-state index in [1.54, 1.807) is 0 Å². The molecule has 1 aliphatic heterocycles. The number of carbonyl (C=O) groups excluding carboxylic acids is 1. The average Bonchev–Trinajstić information content (AvgIpc) is 3.21. The highest BCUT2D eigenvalue weighted by Gasteiger charge is 2.26. The van der Waals surface area contributed by atoms with Crippen LogP contribution in [0.2, 0.25) is 0 Å². The van der Waals surface area contributed by atoms with E-state index in [1.807, 2.05) is 6.92 Å². The first-order valence-corrected chi connectivity index (χ1v) is 7.48. The molecular formula is C15H26N2O2. The van der Waals surface area contributed by atoms with E-state index in [-0.39, 0.29) is 11.9 Å². The maximum absolute atomic E-state index is 11.6. The molecule has 4 nitrogen and oxygen atoms in total. The van der Waals surface area contributed by atoms with Gasteiger partial charge in [-0.05, 0) is 51.3 Å². The van der Waals surface area contributed by atoms with Gasteiger partial charge in [-0.1, -0.05) is 6.58 Å². The average molecular weight is 266 g/mol. The lowest BCUT2D eigenvalue weighted by Crippen LogP contribution is -2.38. The Morgan fingerprint density at radius 1 is 1.32 bits per heavy atom. The Balaban J connectivity index is 1.62. The molecule has 0 spiro atoms. The standard InChI is InChI=1S/C15H26N2O2/c1-3-19-15(18)13-6-8-17(9-7-13)11-12(2)10-16-14-4-5-14/h13-14,16H,2-11H2,1H3. The fourth-order valence-electron chi connectivity index (χ4n) is 2.54. The molecule has 2 fully saturated rings. The minimum atomic E-state index is -0.0172. The van der Waals surface area contributed by atoms with Crippen LogP contribution >= 0.6 is 0 Å². The largest absolute Gasteiger partial charge is 0.466 e. The minimum absolute atomic E-state index is 0.0172. The fraction of sp³-hybridized carbons (Fsp3) is 0.800. The summed E-state index contributed by atoms with van der Waals surface area (Å²) >= 11 is 0. The summed E-state index contributed by atoms with van der Waals surface area (Å²) in [4.78, 5) is 14.0. The Labute approximate surface area is 116 Å². The van der Waals surface area contributed by atoms with E-state index in [0.717, 1.165) is 45.1 Å². The first kappa shape index (κ1) is 14.5. The zero-order valence-corrected chi connectivity index (χ0v) is 12.0. The van der Waals surface area contributed by atoms with Gasteiger partial charge in [0.05, 0.1) is 12.5 Å². The SMILES string of the molecule is C=C(CNC1CC1)CN1CCC(C(=O)OCC)CC1. The number of carbonyl (C=O) groups is 1. The highest BCUT2D eigenvalue weighted by atomic mass is 16.5. The second-order valence-corrected chi connectivity index (χ2v) is 5.71. The second kappa shape index (κ2) is 7.06. The zero-order valence-electron chi connectivity index (χ0n) is 12.0. The molecule has 0 amide bonds. The smallest absolute Gasteiger partial charge is 0.309 e. The van der Waals surface area contributed by atoms with Crippen molar-refractivity contribution in [3.8, 4) is 0 Å². The predicted molar refractivity (Wildman–Crippen MR) is 76.0 cm³/mol. The number of ether oxygens (including phenoxy) is 1. The number of nitrogens with zero attached hydrogens (tertiary/aromatic N) is 1.